The van der Waals surface area contributed by atoms with Gasteiger partial charge in [0.2, 0.25) is 0 Å². The lowest BCUT2D eigenvalue weighted by atomic mass is 9.99. The van der Waals surface area contributed by atoms with Crippen LogP contribution < -0.4 is 5.73 Å². The molecule has 0 aromatic heterocycles. The molecule has 0 radical (unpaired) electrons. The number of carbonyl (C=O) groups excluding carboxylic acids is 1. The summed E-state index contributed by atoms with van der Waals surface area (Å²) in [6.07, 6.45) is 1.53. The summed E-state index contributed by atoms with van der Waals surface area (Å²) < 4.78 is 28.5. The fourth-order valence-electron chi connectivity index (χ4n) is 3.38. The maximum Gasteiger partial charge on any atom is 0.365 e. The Morgan fingerprint density at radius 3 is 2.66 bits per heavy atom. The Balaban J connectivity index is 2.11. The number of hydrazone groups is 1. The van der Waals surface area contributed by atoms with E-state index in [9.17, 15) is 13.6 Å². The molecule has 1 aliphatic rings. The van der Waals surface area contributed by atoms with E-state index >= 15 is 0 Å². The number of halogens is 2. The molecule has 2 N–H and O–H groups in total. The van der Waals surface area contributed by atoms with Crippen molar-refractivity contribution in [3.63, 3.8) is 0 Å². The molecule has 0 bridgehead atoms. The molecule has 0 fully saturated rings. The van der Waals surface area contributed by atoms with Gasteiger partial charge in [0.05, 0.1) is 12.9 Å². The maximum absolute atomic E-state index is 14.6. The average Bonchev–Trinajstić information content (AvgIpc) is 3.20. The second-order valence-corrected chi connectivity index (χ2v) is 8.39. The molecule has 1 unspecified atom stereocenters. The minimum atomic E-state index is -1.02. The summed E-state index contributed by atoms with van der Waals surface area (Å²) in [7, 11) is 4.44. The van der Waals surface area contributed by atoms with Gasteiger partial charge in [-0.05, 0) is 36.6 Å². The van der Waals surface area contributed by atoms with Crippen LogP contribution in [0.15, 0.2) is 58.6 Å². The van der Waals surface area contributed by atoms with Crippen LogP contribution in [0.1, 0.15) is 30.4 Å². The van der Waals surface area contributed by atoms with E-state index in [4.69, 9.17) is 10.6 Å². The third-order valence-corrected chi connectivity index (χ3v) is 6.59. The Hall–Kier alpha value is -2.98. The third kappa shape index (κ3) is 4.76. The number of thioether (sulfide) groups is 1. The molecule has 0 spiro atoms. The van der Waals surface area contributed by atoms with Crippen LogP contribution in [0.5, 0.6) is 0 Å². The highest BCUT2D eigenvalue weighted by Gasteiger charge is 2.49. The van der Waals surface area contributed by atoms with E-state index in [2.05, 4.69) is 10.1 Å². The van der Waals surface area contributed by atoms with Crippen molar-refractivity contribution in [2.24, 2.45) is 15.8 Å². The summed E-state index contributed by atoms with van der Waals surface area (Å²) in [6.45, 7) is 0. The predicted octanol–water partition coefficient (Wildman–Crippen LogP) is 4.30. The average molecular weight is 462 g/mol. The maximum atomic E-state index is 14.6. The van der Waals surface area contributed by atoms with Crippen molar-refractivity contribution >= 4 is 28.7 Å². The largest absolute Gasteiger partial charge is 0.387 e. The number of nitrogens with two attached hydrogens (primary N) is 1. The highest BCUT2D eigenvalue weighted by molar-refractivity contribution is 8.15. The topological polar surface area (TPSA) is 83.5 Å². The first-order chi connectivity index (χ1) is 15.3. The fraction of sp³-hybridized carbons (Fsp3) is 0.318. The number of hydrogen-bond acceptors (Lipinski definition) is 5. The van der Waals surface area contributed by atoms with Crippen molar-refractivity contribution in [1.82, 2.24) is 10.1 Å². The quantitative estimate of drug-likeness (QED) is 0.379. The van der Waals surface area contributed by atoms with Gasteiger partial charge in [-0.25, -0.2) is 18.6 Å². The van der Waals surface area contributed by atoms with Crippen LogP contribution in [-0.2, 0) is 9.71 Å². The summed E-state index contributed by atoms with van der Waals surface area (Å²) >= 11 is 1.20. The molecule has 0 saturated carbocycles. The molecular formula is C22H25F2N5O2S. The zero-order valence-electron chi connectivity index (χ0n) is 18.1. The number of nitrogens with zero attached hydrogens (tertiary/aromatic N) is 4. The lowest BCUT2D eigenvalue weighted by Crippen LogP contribution is -2.46. The van der Waals surface area contributed by atoms with Crippen molar-refractivity contribution in [1.29, 1.82) is 0 Å². The number of carbonyl (C=O) groups is 1. The van der Waals surface area contributed by atoms with E-state index in [1.165, 1.54) is 30.9 Å². The van der Waals surface area contributed by atoms with E-state index in [1.54, 1.807) is 7.05 Å². The molecule has 0 saturated heterocycles. The molecule has 0 aliphatic carbocycles. The standard InChI is InChI=1S/C22H25F2N5O2S/c1-26-19(25)10-7-13-22(15-8-5-4-6-9-15)29(21(30)28(2)31-3)27-20(32-22)17-14-16(23)11-12-18(17)24/h4-6,8-9,11-12,14H,7,10,13H2,1-3H3,(H2,25,26). The number of urea groups is 1. The second kappa shape index (κ2) is 10.1. The van der Waals surface area contributed by atoms with E-state index in [-0.39, 0.29) is 10.6 Å². The second-order valence-electron chi connectivity index (χ2n) is 7.12. The summed E-state index contributed by atoms with van der Waals surface area (Å²) in [5, 5.41) is 6.96. The molecule has 1 heterocycles. The number of hydrogen-bond donors (Lipinski definition) is 1. The van der Waals surface area contributed by atoms with E-state index in [0.29, 0.717) is 25.1 Å². The Morgan fingerprint density at radius 2 is 2.00 bits per heavy atom. The molecule has 10 heteroatoms. The van der Waals surface area contributed by atoms with Gasteiger partial charge in [0.15, 0.2) is 0 Å². The summed E-state index contributed by atoms with van der Waals surface area (Å²) in [6, 6.07) is 11.9. The number of benzene rings is 2. The Kier molecular flexibility index (Phi) is 7.47. The van der Waals surface area contributed by atoms with Gasteiger partial charge in [0.1, 0.15) is 21.5 Å². The number of amides is 2. The molecule has 2 aromatic rings. The number of aliphatic imine (C=N–C) groups is 1. The van der Waals surface area contributed by atoms with Gasteiger partial charge in [-0.1, -0.05) is 42.1 Å². The molecule has 2 aromatic carbocycles. The van der Waals surface area contributed by atoms with Gasteiger partial charge < -0.3 is 5.73 Å². The fourth-order valence-corrected chi connectivity index (χ4v) is 4.79. The van der Waals surface area contributed by atoms with Crippen molar-refractivity contribution in [3.05, 3.63) is 71.3 Å². The molecule has 7 nitrogen and oxygen atoms in total. The summed E-state index contributed by atoms with van der Waals surface area (Å²) in [5.74, 6) is -0.738. The monoisotopic (exact) mass is 461 g/mol. The highest BCUT2D eigenvalue weighted by Crippen LogP contribution is 2.51. The summed E-state index contributed by atoms with van der Waals surface area (Å²) in [5.41, 5.74) is 6.64. The highest BCUT2D eigenvalue weighted by atomic mass is 32.2. The molecule has 170 valence electrons. The first-order valence-corrected chi connectivity index (χ1v) is 10.8. The van der Waals surface area contributed by atoms with E-state index in [1.807, 2.05) is 30.3 Å². The molecule has 2 amide bonds. The molecular weight excluding hydrogens is 436 g/mol. The normalized spacial score (nSPS) is 18.6. The van der Waals surface area contributed by atoms with Crippen molar-refractivity contribution in [2.45, 2.75) is 24.1 Å². The predicted molar refractivity (Wildman–Crippen MR) is 122 cm³/mol. The van der Waals surface area contributed by atoms with Gasteiger partial charge >= 0.3 is 6.03 Å². The third-order valence-electron chi connectivity index (χ3n) is 5.14. The number of rotatable bonds is 7. The lowest BCUT2D eigenvalue weighted by molar-refractivity contribution is -0.0805. The minimum absolute atomic E-state index is 0.0136. The molecule has 3 rings (SSSR count). The number of hydroxylamine groups is 2. The van der Waals surface area contributed by atoms with Crippen LogP contribution in [0.25, 0.3) is 0 Å². The zero-order chi connectivity index (χ0) is 23.3. The Morgan fingerprint density at radius 1 is 1.28 bits per heavy atom. The van der Waals surface area contributed by atoms with Crippen molar-refractivity contribution in [2.75, 3.05) is 21.2 Å². The van der Waals surface area contributed by atoms with Gasteiger partial charge in [0.25, 0.3) is 0 Å². The van der Waals surface area contributed by atoms with Crippen LogP contribution in [0.3, 0.4) is 0 Å². The van der Waals surface area contributed by atoms with Crippen LogP contribution in [-0.4, -0.2) is 48.2 Å². The van der Waals surface area contributed by atoms with Gasteiger partial charge in [0, 0.05) is 26.1 Å². The van der Waals surface area contributed by atoms with Crippen molar-refractivity contribution < 1.29 is 18.4 Å². The first-order valence-electron chi connectivity index (χ1n) is 9.94. The lowest BCUT2D eigenvalue weighted by Gasteiger charge is -2.37. The van der Waals surface area contributed by atoms with E-state index in [0.717, 1.165) is 28.8 Å². The molecule has 32 heavy (non-hydrogen) atoms. The van der Waals surface area contributed by atoms with Crippen LogP contribution in [0.4, 0.5) is 13.6 Å². The smallest absolute Gasteiger partial charge is 0.365 e. The Labute approximate surface area is 189 Å². The zero-order valence-corrected chi connectivity index (χ0v) is 18.9. The molecule has 1 atom stereocenters. The van der Waals surface area contributed by atoms with Gasteiger partial charge in [-0.3, -0.25) is 9.83 Å². The van der Waals surface area contributed by atoms with Crippen LogP contribution in [0.2, 0.25) is 0 Å². The Bertz CT molecular complexity index is 1030. The SMILES string of the molecule is CN=C(N)CCCC1(c2ccccc2)SC(c2cc(F)ccc2F)=NN1C(=O)N(C)OC. The number of amidine groups is 1. The van der Waals surface area contributed by atoms with E-state index < -0.39 is 22.5 Å². The minimum Gasteiger partial charge on any atom is -0.387 e. The van der Waals surface area contributed by atoms with Crippen molar-refractivity contribution in [3.8, 4) is 0 Å². The summed E-state index contributed by atoms with van der Waals surface area (Å²) in [4.78, 5) is 21.3. The molecule has 1 aliphatic heterocycles. The van der Waals surface area contributed by atoms with Gasteiger partial charge in [-0.15, -0.1) is 0 Å². The van der Waals surface area contributed by atoms with Gasteiger partial charge in [-0.2, -0.15) is 10.1 Å². The van der Waals surface area contributed by atoms with Crippen LogP contribution >= 0.6 is 11.8 Å². The van der Waals surface area contributed by atoms with Crippen LogP contribution in [0, 0.1) is 11.6 Å². The first kappa shape index (κ1) is 23.7.